The van der Waals surface area contributed by atoms with E-state index in [4.69, 9.17) is 8.83 Å². The van der Waals surface area contributed by atoms with E-state index in [1.165, 1.54) is 83.2 Å². The summed E-state index contributed by atoms with van der Waals surface area (Å²) in [4.78, 5) is 2.65. The van der Waals surface area contributed by atoms with Gasteiger partial charge in [-0.3, -0.25) is 0 Å². The normalized spacial score (nSPS) is 14.1. The summed E-state index contributed by atoms with van der Waals surface area (Å²) in [7, 11) is 0. The molecule has 0 radical (unpaired) electrons. The third-order valence-electron chi connectivity index (χ3n) is 13.7. The molecule has 2 aliphatic heterocycles. The molecule has 12 rings (SSSR count). The zero-order chi connectivity index (χ0) is 41.4. The van der Waals surface area contributed by atoms with Gasteiger partial charge in [-0.1, -0.05) is 123 Å². The number of aryl methyl sites for hydroxylation is 1. The van der Waals surface area contributed by atoms with E-state index in [9.17, 15) is 0 Å². The van der Waals surface area contributed by atoms with Crippen molar-refractivity contribution in [2.24, 2.45) is 0 Å². The number of furan rings is 2. The Bertz CT molecular complexity index is 3500. The van der Waals surface area contributed by atoms with Crippen molar-refractivity contribution in [1.82, 2.24) is 4.57 Å². The number of nitrogens with zero attached hydrogens (tertiary/aromatic N) is 2. The summed E-state index contributed by atoms with van der Waals surface area (Å²) < 4.78 is 16.0. The van der Waals surface area contributed by atoms with Gasteiger partial charge in [-0.2, -0.15) is 0 Å². The van der Waals surface area contributed by atoms with Gasteiger partial charge in [0.1, 0.15) is 22.3 Å². The van der Waals surface area contributed by atoms with Gasteiger partial charge in [0.05, 0.1) is 11.0 Å². The molecule has 0 spiro atoms. The van der Waals surface area contributed by atoms with E-state index in [1.807, 2.05) is 0 Å². The maximum Gasteiger partial charge on any atom is 0.333 e. The standard InChI is InChI=1S/C55H49BN2O2/c1-30-23-40-37-28-48-39(36-21-17-33(55(8,9)10)25-47(36)60-48)27-45(37)58(34-19-15-31(16-20-34)53(2,3)4)56-42-24-32(54(5,6)7)18-22-43(42)57-44-26-38-35-13-11-12-14-46(35)59-49(38)29-41(44)50(30)52(57)51(40)56/h11-29H,1-10H3. The SMILES string of the molecule is Cc1cc2c3c4c1c1cc5oc6ccccc6c5cc1n4-c1ccc(C(C)(C)C)cc1B3N(c1ccc(C(C)(C)C)cc1)c1cc3c(cc1-2)oc1cc(C(C)(C)C)ccc13. The molecule has 0 N–H and O–H groups in total. The maximum atomic E-state index is 6.84. The number of fused-ring (bicyclic) bond motifs is 14. The van der Waals surface area contributed by atoms with Crippen molar-refractivity contribution >= 4 is 94.8 Å². The second kappa shape index (κ2) is 11.5. The van der Waals surface area contributed by atoms with Gasteiger partial charge in [0.15, 0.2) is 0 Å². The highest BCUT2D eigenvalue weighted by atomic mass is 16.3. The summed E-state index contributed by atoms with van der Waals surface area (Å²) in [6.07, 6.45) is 0. The van der Waals surface area contributed by atoms with Crippen molar-refractivity contribution in [1.29, 1.82) is 0 Å². The van der Waals surface area contributed by atoms with Crippen LogP contribution < -0.4 is 15.7 Å². The first-order valence-electron chi connectivity index (χ1n) is 21.5. The predicted molar refractivity (Wildman–Crippen MR) is 255 cm³/mol. The highest BCUT2D eigenvalue weighted by Gasteiger charge is 2.45. The Morgan fingerprint density at radius 1 is 0.483 bits per heavy atom. The Morgan fingerprint density at radius 2 is 1.10 bits per heavy atom. The van der Waals surface area contributed by atoms with Crippen LogP contribution >= 0.6 is 0 Å². The predicted octanol–water partition coefficient (Wildman–Crippen LogP) is 14.0. The van der Waals surface area contributed by atoms with Crippen molar-refractivity contribution < 1.29 is 8.83 Å². The molecule has 2 aliphatic rings. The van der Waals surface area contributed by atoms with E-state index in [0.29, 0.717) is 0 Å². The van der Waals surface area contributed by atoms with E-state index in [1.54, 1.807) is 0 Å². The van der Waals surface area contributed by atoms with Gasteiger partial charge in [0, 0.05) is 54.9 Å². The summed E-state index contributed by atoms with van der Waals surface area (Å²) in [5, 5.41) is 7.09. The first-order valence-corrected chi connectivity index (χ1v) is 21.5. The summed E-state index contributed by atoms with van der Waals surface area (Å²) in [5.74, 6) is 0. The van der Waals surface area contributed by atoms with Crippen molar-refractivity contribution in [3.63, 3.8) is 0 Å². The first-order chi connectivity index (χ1) is 28.5. The number of aromatic nitrogens is 1. The number of para-hydroxylation sites is 1. The molecule has 0 fully saturated rings. The molecule has 60 heavy (non-hydrogen) atoms. The number of benzene rings is 7. The molecular weight excluding hydrogens is 731 g/mol. The summed E-state index contributed by atoms with van der Waals surface area (Å²) in [6.45, 7) is 22.9. The molecule has 0 amide bonds. The number of hydrogen-bond acceptors (Lipinski definition) is 3. The van der Waals surface area contributed by atoms with Crippen LogP contribution in [0.15, 0.2) is 124 Å². The van der Waals surface area contributed by atoms with Crippen LogP contribution in [-0.4, -0.2) is 11.4 Å². The van der Waals surface area contributed by atoms with Crippen molar-refractivity contribution in [2.45, 2.75) is 85.5 Å². The van der Waals surface area contributed by atoms with E-state index < -0.39 is 0 Å². The molecule has 0 saturated carbocycles. The molecule has 7 aromatic carbocycles. The second-order valence-corrected chi connectivity index (χ2v) is 20.7. The monoisotopic (exact) mass is 780 g/mol. The quantitative estimate of drug-likeness (QED) is 0.156. The van der Waals surface area contributed by atoms with E-state index in [0.717, 1.165) is 43.9 Å². The number of rotatable bonds is 1. The molecule has 5 heteroatoms. The topological polar surface area (TPSA) is 34.5 Å². The highest BCUT2D eigenvalue weighted by molar-refractivity contribution is 6.93. The summed E-state index contributed by atoms with van der Waals surface area (Å²) >= 11 is 0. The lowest BCUT2D eigenvalue weighted by Crippen LogP contribution is -2.60. The molecule has 0 bridgehead atoms. The molecule has 5 heterocycles. The third-order valence-corrected chi connectivity index (χ3v) is 13.7. The van der Waals surface area contributed by atoms with E-state index in [-0.39, 0.29) is 23.1 Å². The van der Waals surface area contributed by atoms with Crippen LogP contribution in [0.4, 0.5) is 11.4 Å². The van der Waals surface area contributed by atoms with Crippen LogP contribution in [0.3, 0.4) is 0 Å². The molecule has 0 unspecified atom stereocenters. The van der Waals surface area contributed by atoms with Crippen LogP contribution in [0.2, 0.25) is 0 Å². The van der Waals surface area contributed by atoms with Crippen LogP contribution in [0.1, 0.15) is 84.6 Å². The fourth-order valence-corrected chi connectivity index (χ4v) is 10.5. The fraction of sp³-hybridized carbons (Fsp3) is 0.236. The summed E-state index contributed by atoms with van der Waals surface area (Å²) in [5.41, 5.74) is 20.1. The van der Waals surface area contributed by atoms with E-state index in [2.05, 4.69) is 194 Å². The van der Waals surface area contributed by atoms with Crippen LogP contribution in [0.5, 0.6) is 0 Å². The summed E-state index contributed by atoms with van der Waals surface area (Å²) in [6, 6.07) is 43.7. The Hall–Kier alpha value is -6.20. The minimum atomic E-state index is -0.0860. The van der Waals surface area contributed by atoms with Crippen LogP contribution in [-0.2, 0) is 16.2 Å². The molecule has 3 aromatic heterocycles. The van der Waals surface area contributed by atoms with Crippen molar-refractivity contribution in [3.05, 3.63) is 138 Å². The lowest BCUT2D eigenvalue weighted by molar-refractivity contribution is 0.587. The lowest BCUT2D eigenvalue weighted by Gasteiger charge is -2.42. The molecule has 10 aromatic rings. The Morgan fingerprint density at radius 3 is 1.85 bits per heavy atom. The zero-order valence-corrected chi connectivity index (χ0v) is 36.3. The van der Waals surface area contributed by atoms with E-state index >= 15 is 0 Å². The number of anilines is 2. The fourth-order valence-electron chi connectivity index (χ4n) is 10.5. The molecule has 0 atom stereocenters. The molecule has 0 saturated heterocycles. The maximum absolute atomic E-state index is 6.84. The van der Waals surface area contributed by atoms with Crippen molar-refractivity contribution in [3.8, 4) is 16.8 Å². The van der Waals surface area contributed by atoms with Gasteiger partial charge in [-0.05, 0) is 117 Å². The molecular formula is C55H49BN2O2. The van der Waals surface area contributed by atoms with Gasteiger partial charge < -0.3 is 18.2 Å². The van der Waals surface area contributed by atoms with Gasteiger partial charge in [-0.15, -0.1) is 0 Å². The average molecular weight is 781 g/mol. The lowest BCUT2D eigenvalue weighted by atomic mass is 9.43. The van der Waals surface area contributed by atoms with Crippen LogP contribution in [0, 0.1) is 6.92 Å². The van der Waals surface area contributed by atoms with Gasteiger partial charge >= 0.3 is 6.85 Å². The highest BCUT2D eigenvalue weighted by Crippen LogP contribution is 2.49. The Kier molecular flexibility index (Phi) is 6.87. The first kappa shape index (κ1) is 35.7. The molecule has 0 aliphatic carbocycles. The van der Waals surface area contributed by atoms with Crippen LogP contribution in [0.25, 0.3) is 82.5 Å². The average Bonchev–Trinajstić information content (AvgIpc) is 3.86. The zero-order valence-electron chi connectivity index (χ0n) is 36.3. The largest absolute Gasteiger partial charge is 0.456 e. The Labute approximate surface area is 351 Å². The van der Waals surface area contributed by atoms with Crippen molar-refractivity contribution in [2.75, 3.05) is 4.81 Å². The Balaban J connectivity index is 1.25. The van der Waals surface area contributed by atoms with Gasteiger partial charge in [0.25, 0.3) is 0 Å². The minimum Gasteiger partial charge on any atom is -0.456 e. The van der Waals surface area contributed by atoms with Gasteiger partial charge in [0.2, 0.25) is 0 Å². The minimum absolute atomic E-state index is 0.0140. The second-order valence-electron chi connectivity index (χ2n) is 20.7. The third kappa shape index (κ3) is 4.81. The van der Waals surface area contributed by atoms with Gasteiger partial charge in [-0.25, -0.2) is 0 Å². The molecule has 294 valence electrons. The smallest absolute Gasteiger partial charge is 0.333 e. The number of hydrogen-bond donors (Lipinski definition) is 0. The molecule has 4 nitrogen and oxygen atoms in total.